The average Bonchev–Trinajstić information content (AvgIpc) is 3.17. The number of aromatic nitrogens is 5. The van der Waals surface area contributed by atoms with Gasteiger partial charge in [0, 0.05) is 32.4 Å². The Morgan fingerprint density at radius 2 is 1.72 bits per heavy atom. The summed E-state index contributed by atoms with van der Waals surface area (Å²) in [4.78, 5) is 13.2. The lowest BCUT2D eigenvalue weighted by Crippen LogP contribution is -2.43. The van der Waals surface area contributed by atoms with E-state index in [0.29, 0.717) is 22.3 Å². The van der Waals surface area contributed by atoms with Crippen LogP contribution in [0.25, 0.3) is 22.6 Å². The highest BCUT2D eigenvalue weighted by atomic mass is 32.2. The molecule has 190 valence electrons. The number of anilines is 3. The maximum atomic E-state index is 14.3. The van der Waals surface area contributed by atoms with Crippen LogP contribution in [0.3, 0.4) is 0 Å². The number of halogens is 1. The van der Waals surface area contributed by atoms with E-state index in [1.165, 1.54) is 20.2 Å². The second-order valence-electron chi connectivity index (χ2n) is 8.85. The van der Waals surface area contributed by atoms with E-state index in [-0.39, 0.29) is 48.0 Å². The Morgan fingerprint density at radius 3 is 2.33 bits per heavy atom. The van der Waals surface area contributed by atoms with Gasteiger partial charge in [-0.1, -0.05) is 32.0 Å². The number of nitrogens with zero attached hydrogens (tertiary/aromatic N) is 7. The Bertz CT molecular complexity index is 1500. The maximum Gasteiger partial charge on any atom is 0.303 e. The minimum absolute atomic E-state index is 0.00868. The number of hydrogen-bond donors (Lipinski definition) is 2. The molecular formula is C23H28FN9O2S. The van der Waals surface area contributed by atoms with E-state index in [1.807, 2.05) is 13.8 Å². The van der Waals surface area contributed by atoms with Crippen LogP contribution in [0.15, 0.2) is 42.6 Å². The predicted octanol–water partition coefficient (Wildman–Crippen LogP) is 2.51. The van der Waals surface area contributed by atoms with Gasteiger partial charge >= 0.3 is 10.2 Å². The number of pyridine rings is 1. The third kappa shape index (κ3) is 4.66. The van der Waals surface area contributed by atoms with Crippen molar-refractivity contribution in [3.63, 3.8) is 0 Å². The molecule has 0 unspecified atom stereocenters. The third-order valence-electron chi connectivity index (χ3n) is 5.46. The molecule has 13 heteroatoms. The molecule has 0 fully saturated rings. The van der Waals surface area contributed by atoms with Crippen molar-refractivity contribution in [2.45, 2.75) is 20.4 Å². The fourth-order valence-electron chi connectivity index (χ4n) is 3.75. The molecule has 3 aromatic heterocycles. The number of nitrogen functional groups attached to an aromatic ring is 2. The highest BCUT2D eigenvalue weighted by molar-refractivity contribution is 7.90. The number of fused-ring (bicyclic) bond motifs is 1. The van der Waals surface area contributed by atoms with Crippen LogP contribution >= 0.6 is 0 Å². The summed E-state index contributed by atoms with van der Waals surface area (Å²) < 4.78 is 44.1. The highest BCUT2D eigenvalue weighted by Gasteiger charge is 2.31. The highest BCUT2D eigenvalue weighted by Crippen LogP contribution is 2.34. The van der Waals surface area contributed by atoms with Crippen LogP contribution < -0.4 is 15.8 Å². The van der Waals surface area contributed by atoms with Crippen molar-refractivity contribution < 1.29 is 12.8 Å². The molecule has 4 rings (SSSR count). The summed E-state index contributed by atoms with van der Waals surface area (Å²) in [7, 11) is -1.07. The average molecular weight is 514 g/mol. The van der Waals surface area contributed by atoms with Gasteiger partial charge in [-0.3, -0.25) is 0 Å². The van der Waals surface area contributed by atoms with Crippen molar-refractivity contribution in [1.29, 1.82) is 0 Å². The van der Waals surface area contributed by atoms with Crippen LogP contribution in [0, 0.1) is 11.7 Å². The summed E-state index contributed by atoms with van der Waals surface area (Å²) in [5.74, 6) is -0.498. The van der Waals surface area contributed by atoms with Crippen molar-refractivity contribution in [2.24, 2.45) is 5.92 Å². The third-order valence-corrected chi connectivity index (χ3v) is 7.27. The molecule has 0 saturated heterocycles. The van der Waals surface area contributed by atoms with Gasteiger partial charge in [0.2, 0.25) is 0 Å². The summed E-state index contributed by atoms with van der Waals surface area (Å²) in [6, 6.07) is 9.92. The van der Waals surface area contributed by atoms with E-state index in [9.17, 15) is 12.8 Å². The molecule has 4 N–H and O–H groups in total. The number of rotatable bonds is 8. The molecule has 3 heterocycles. The molecule has 0 aliphatic heterocycles. The van der Waals surface area contributed by atoms with Crippen molar-refractivity contribution in [3.8, 4) is 11.5 Å². The van der Waals surface area contributed by atoms with Gasteiger partial charge in [-0.15, -0.1) is 0 Å². The molecule has 36 heavy (non-hydrogen) atoms. The van der Waals surface area contributed by atoms with Gasteiger partial charge in [0.25, 0.3) is 0 Å². The Morgan fingerprint density at radius 1 is 1.06 bits per heavy atom. The van der Waals surface area contributed by atoms with E-state index in [1.54, 1.807) is 41.2 Å². The van der Waals surface area contributed by atoms with Gasteiger partial charge in [0.15, 0.2) is 23.1 Å². The second-order valence-corrected chi connectivity index (χ2v) is 10.9. The molecule has 0 spiro atoms. The molecular weight excluding hydrogens is 485 g/mol. The minimum Gasteiger partial charge on any atom is -0.382 e. The van der Waals surface area contributed by atoms with E-state index >= 15 is 0 Å². The van der Waals surface area contributed by atoms with Crippen LogP contribution in [0.4, 0.5) is 21.7 Å². The molecule has 0 aliphatic rings. The SMILES string of the molecule is CC(C)CN(c1c(N)nc(-c2nn(Cc3ccccc3F)c3ncccc23)nc1N)S(=O)(=O)N(C)C. The first-order chi connectivity index (χ1) is 17.0. The molecule has 0 aliphatic carbocycles. The Labute approximate surface area is 208 Å². The molecule has 0 amide bonds. The molecule has 0 saturated carbocycles. The molecule has 0 atom stereocenters. The van der Waals surface area contributed by atoms with Gasteiger partial charge in [0.05, 0.1) is 11.9 Å². The number of nitrogens with two attached hydrogens (primary N) is 2. The van der Waals surface area contributed by atoms with Crippen molar-refractivity contribution in [3.05, 3.63) is 54.0 Å². The maximum absolute atomic E-state index is 14.3. The van der Waals surface area contributed by atoms with E-state index < -0.39 is 10.2 Å². The second kappa shape index (κ2) is 9.66. The molecule has 1 aromatic carbocycles. The zero-order valence-electron chi connectivity index (χ0n) is 20.4. The lowest BCUT2D eigenvalue weighted by atomic mass is 10.2. The Hall–Kier alpha value is -3.84. The lowest BCUT2D eigenvalue weighted by molar-refractivity contribution is 0.508. The van der Waals surface area contributed by atoms with Crippen molar-refractivity contribution >= 4 is 38.6 Å². The topological polar surface area (TPSA) is 149 Å². The fraction of sp³-hybridized carbons (Fsp3) is 0.304. The Kier molecular flexibility index (Phi) is 6.78. The standard InChI is InChI=1S/C23H28FN9O2S/c1-14(2)12-33(36(34,35)31(3)4)19-20(25)28-22(29-21(19)26)18-16-9-7-11-27-23(16)32(30-18)13-15-8-5-6-10-17(15)24/h5-11,14H,12-13H2,1-4H3,(H4,25,26,28,29). The van der Waals surface area contributed by atoms with E-state index in [0.717, 1.165) is 8.61 Å². The van der Waals surface area contributed by atoms with E-state index in [2.05, 4.69) is 20.1 Å². The fourth-order valence-corrected chi connectivity index (χ4v) is 5.05. The van der Waals surface area contributed by atoms with Gasteiger partial charge < -0.3 is 11.5 Å². The van der Waals surface area contributed by atoms with Gasteiger partial charge in [0.1, 0.15) is 17.2 Å². The quantitative estimate of drug-likeness (QED) is 0.365. The van der Waals surface area contributed by atoms with Gasteiger partial charge in [-0.05, 0) is 24.1 Å². The van der Waals surface area contributed by atoms with Crippen molar-refractivity contribution in [1.82, 2.24) is 29.0 Å². The first kappa shape index (κ1) is 25.3. The zero-order chi connectivity index (χ0) is 26.2. The number of benzene rings is 1. The van der Waals surface area contributed by atoms with Crippen LogP contribution in [0.2, 0.25) is 0 Å². The van der Waals surface area contributed by atoms with Gasteiger partial charge in [-0.2, -0.15) is 17.8 Å². The molecule has 11 nitrogen and oxygen atoms in total. The zero-order valence-corrected chi connectivity index (χ0v) is 21.2. The van der Waals surface area contributed by atoms with Crippen LogP contribution in [0.1, 0.15) is 19.4 Å². The molecule has 0 bridgehead atoms. The van der Waals surface area contributed by atoms with E-state index in [4.69, 9.17) is 11.5 Å². The summed E-state index contributed by atoms with van der Waals surface area (Å²) in [6.07, 6.45) is 1.61. The number of hydrogen-bond acceptors (Lipinski definition) is 8. The molecule has 0 radical (unpaired) electrons. The summed E-state index contributed by atoms with van der Waals surface area (Å²) in [5, 5.41) is 5.20. The largest absolute Gasteiger partial charge is 0.382 e. The first-order valence-electron chi connectivity index (χ1n) is 11.2. The summed E-state index contributed by atoms with van der Waals surface area (Å²) in [5.41, 5.74) is 13.8. The predicted molar refractivity (Wildman–Crippen MR) is 138 cm³/mol. The first-order valence-corrected chi connectivity index (χ1v) is 12.6. The normalized spacial score (nSPS) is 12.1. The summed E-state index contributed by atoms with van der Waals surface area (Å²) >= 11 is 0. The Balaban J connectivity index is 1.84. The summed E-state index contributed by atoms with van der Waals surface area (Å²) in [6.45, 7) is 4.01. The van der Waals surface area contributed by atoms with Crippen LogP contribution in [-0.4, -0.2) is 58.1 Å². The van der Waals surface area contributed by atoms with Gasteiger partial charge in [-0.25, -0.2) is 28.3 Å². The lowest BCUT2D eigenvalue weighted by Gasteiger charge is -2.29. The monoisotopic (exact) mass is 513 g/mol. The smallest absolute Gasteiger partial charge is 0.303 e. The minimum atomic E-state index is -3.92. The molecule has 4 aromatic rings. The van der Waals surface area contributed by atoms with Crippen LogP contribution in [0.5, 0.6) is 0 Å². The van der Waals surface area contributed by atoms with Crippen molar-refractivity contribution in [2.75, 3.05) is 36.4 Å². The van der Waals surface area contributed by atoms with Crippen LogP contribution in [-0.2, 0) is 16.8 Å².